The molecule has 1 rings (SSSR count). The third-order valence-corrected chi connectivity index (χ3v) is 3.16. The highest BCUT2D eigenvalue weighted by atomic mass is 16.5. The first-order chi connectivity index (χ1) is 8.04. The molecule has 0 saturated carbocycles. The van der Waals surface area contributed by atoms with Gasteiger partial charge in [0.2, 0.25) is 0 Å². The Kier molecular flexibility index (Phi) is 4.49. The number of aromatic nitrogens is 1. The summed E-state index contributed by atoms with van der Waals surface area (Å²) in [5.74, 6) is -0.414. The van der Waals surface area contributed by atoms with E-state index in [1.165, 1.54) is 7.11 Å². The standard InChI is InChI=1S/C13H20N2O2/c1-5-13(3,6-2)15-10-7-8-14-11(9-10)12(16)17-4/h7-9H,5-6H2,1-4H3,(H,14,15). The maximum absolute atomic E-state index is 11.4. The molecule has 0 aliphatic rings. The molecule has 0 saturated heterocycles. The van der Waals surface area contributed by atoms with Gasteiger partial charge in [0, 0.05) is 17.4 Å². The van der Waals surface area contributed by atoms with Crippen LogP contribution in [0.1, 0.15) is 44.1 Å². The van der Waals surface area contributed by atoms with Crippen LogP contribution in [0, 0.1) is 0 Å². The van der Waals surface area contributed by atoms with Gasteiger partial charge >= 0.3 is 5.97 Å². The van der Waals surface area contributed by atoms with Crippen molar-refractivity contribution in [2.45, 2.75) is 39.2 Å². The molecule has 0 radical (unpaired) electrons. The van der Waals surface area contributed by atoms with Gasteiger partial charge in [0.25, 0.3) is 0 Å². The third kappa shape index (κ3) is 3.44. The average Bonchev–Trinajstić information content (AvgIpc) is 2.38. The zero-order chi connectivity index (χ0) is 12.9. The lowest BCUT2D eigenvalue weighted by Crippen LogP contribution is -2.33. The first-order valence-electron chi connectivity index (χ1n) is 5.87. The van der Waals surface area contributed by atoms with Crippen molar-refractivity contribution >= 4 is 11.7 Å². The second-order valence-corrected chi connectivity index (χ2v) is 4.31. The Morgan fingerprint density at radius 1 is 1.47 bits per heavy atom. The number of nitrogens with one attached hydrogen (secondary N) is 1. The lowest BCUT2D eigenvalue weighted by molar-refractivity contribution is 0.0594. The zero-order valence-corrected chi connectivity index (χ0v) is 10.9. The normalized spacial score (nSPS) is 11.1. The third-order valence-electron chi connectivity index (χ3n) is 3.16. The molecule has 1 aromatic heterocycles. The van der Waals surface area contributed by atoms with Crippen LogP contribution >= 0.6 is 0 Å². The van der Waals surface area contributed by atoms with Crippen LogP contribution < -0.4 is 5.32 Å². The molecule has 1 N–H and O–H groups in total. The molecular formula is C13H20N2O2. The number of hydrogen-bond donors (Lipinski definition) is 1. The second-order valence-electron chi connectivity index (χ2n) is 4.31. The summed E-state index contributed by atoms with van der Waals surface area (Å²) in [5.41, 5.74) is 1.26. The van der Waals surface area contributed by atoms with E-state index in [0.29, 0.717) is 5.69 Å². The molecule has 17 heavy (non-hydrogen) atoms. The van der Waals surface area contributed by atoms with Crippen LogP contribution in [-0.4, -0.2) is 23.6 Å². The number of nitrogens with zero attached hydrogens (tertiary/aromatic N) is 1. The van der Waals surface area contributed by atoms with Gasteiger partial charge in [-0.2, -0.15) is 0 Å². The van der Waals surface area contributed by atoms with Crippen LogP contribution in [0.15, 0.2) is 18.3 Å². The quantitative estimate of drug-likeness (QED) is 0.799. The number of hydrogen-bond acceptors (Lipinski definition) is 4. The molecule has 0 aromatic carbocycles. The van der Waals surface area contributed by atoms with Crippen LogP contribution in [0.2, 0.25) is 0 Å². The first-order valence-corrected chi connectivity index (χ1v) is 5.87. The van der Waals surface area contributed by atoms with Gasteiger partial charge in [0.15, 0.2) is 0 Å². The minimum absolute atomic E-state index is 0.0365. The van der Waals surface area contributed by atoms with E-state index in [1.807, 2.05) is 6.07 Å². The van der Waals surface area contributed by atoms with Crippen molar-refractivity contribution in [1.29, 1.82) is 0 Å². The molecule has 0 unspecified atom stereocenters. The summed E-state index contributed by atoms with van der Waals surface area (Å²) in [6.07, 6.45) is 3.64. The maximum atomic E-state index is 11.4. The van der Waals surface area contributed by atoms with E-state index in [-0.39, 0.29) is 5.54 Å². The summed E-state index contributed by atoms with van der Waals surface area (Å²) >= 11 is 0. The highest BCUT2D eigenvalue weighted by Crippen LogP contribution is 2.21. The van der Waals surface area contributed by atoms with E-state index in [9.17, 15) is 4.79 Å². The second kappa shape index (κ2) is 5.66. The van der Waals surface area contributed by atoms with Crippen LogP contribution in [0.25, 0.3) is 0 Å². The molecule has 1 heterocycles. The summed E-state index contributed by atoms with van der Waals surface area (Å²) in [6, 6.07) is 3.57. The van der Waals surface area contributed by atoms with E-state index in [2.05, 4.69) is 35.8 Å². The fourth-order valence-corrected chi connectivity index (χ4v) is 1.50. The van der Waals surface area contributed by atoms with Crippen LogP contribution in [0.5, 0.6) is 0 Å². The van der Waals surface area contributed by atoms with E-state index < -0.39 is 5.97 Å². The van der Waals surface area contributed by atoms with E-state index in [4.69, 9.17) is 0 Å². The van der Waals surface area contributed by atoms with Gasteiger partial charge in [-0.1, -0.05) is 13.8 Å². The Balaban J connectivity index is 2.89. The minimum Gasteiger partial charge on any atom is -0.464 e. The molecule has 0 aliphatic heterocycles. The van der Waals surface area contributed by atoms with Crippen molar-refractivity contribution in [2.75, 3.05) is 12.4 Å². The average molecular weight is 236 g/mol. The van der Waals surface area contributed by atoms with Crippen LogP contribution in [0.3, 0.4) is 0 Å². The number of anilines is 1. The number of esters is 1. The van der Waals surface area contributed by atoms with Gasteiger partial charge in [-0.15, -0.1) is 0 Å². The van der Waals surface area contributed by atoms with Crippen molar-refractivity contribution in [2.24, 2.45) is 0 Å². The minimum atomic E-state index is -0.414. The monoisotopic (exact) mass is 236 g/mol. The number of carbonyl (C=O) groups is 1. The topological polar surface area (TPSA) is 51.2 Å². The first kappa shape index (κ1) is 13.5. The Morgan fingerprint density at radius 3 is 2.65 bits per heavy atom. The molecular weight excluding hydrogens is 216 g/mol. The number of ether oxygens (including phenoxy) is 1. The number of carbonyl (C=O) groups excluding carboxylic acids is 1. The smallest absolute Gasteiger partial charge is 0.356 e. The Morgan fingerprint density at radius 2 is 2.12 bits per heavy atom. The van der Waals surface area contributed by atoms with E-state index in [1.54, 1.807) is 12.3 Å². The summed E-state index contributed by atoms with van der Waals surface area (Å²) < 4.78 is 4.64. The largest absolute Gasteiger partial charge is 0.464 e. The molecule has 0 fully saturated rings. The molecule has 4 heteroatoms. The van der Waals surface area contributed by atoms with Crippen molar-refractivity contribution in [1.82, 2.24) is 4.98 Å². The van der Waals surface area contributed by atoms with Gasteiger partial charge < -0.3 is 10.1 Å². The number of methoxy groups -OCH3 is 1. The Labute approximate surface area is 102 Å². The molecule has 4 nitrogen and oxygen atoms in total. The summed E-state index contributed by atoms with van der Waals surface area (Å²) in [6.45, 7) is 6.43. The lowest BCUT2D eigenvalue weighted by Gasteiger charge is -2.29. The summed E-state index contributed by atoms with van der Waals surface area (Å²) in [4.78, 5) is 15.3. The fraction of sp³-hybridized carbons (Fsp3) is 0.538. The van der Waals surface area contributed by atoms with Crippen molar-refractivity contribution < 1.29 is 9.53 Å². The maximum Gasteiger partial charge on any atom is 0.356 e. The van der Waals surface area contributed by atoms with E-state index >= 15 is 0 Å². The molecule has 94 valence electrons. The Hall–Kier alpha value is -1.58. The molecule has 0 bridgehead atoms. The predicted octanol–water partition coefficient (Wildman–Crippen LogP) is 2.86. The fourth-order valence-electron chi connectivity index (χ4n) is 1.50. The summed E-state index contributed by atoms with van der Waals surface area (Å²) in [5, 5.41) is 3.43. The highest BCUT2D eigenvalue weighted by Gasteiger charge is 2.19. The Bertz CT molecular complexity index is 387. The summed E-state index contributed by atoms with van der Waals surface area (Å²) in [7, 11) is 1.35. The van der Waals surface area contributed by atoms with Crippen molar-refractivity contribution in [3.05, 3.63) is 24.0 Å². The molecule has 0 aliphatic carbocycles. The van der Waals surface area contributed by atoms with Gasteiger partial charge in [-0.05, 0) is 31.9 Å². The van der Waals surface area contributed by atoms with Gasteiger partial charge in [-0.25, -0.2) is 9.78 Å². The van der Waals surface area contributed by atoms with Gasteiger partial charge in [-0.3, -0.25) is 0 Å². The molecule has 1 aromatic rings. The van der Waals surface area contributed by atoms with E-state index in [0.717, 1.165) is 18.5 Å². The van der Waals surface area contributed by atoms with Crippen molar-refractivity contribution in [3.63, 3.8) is 0 Å². The molecule has 0 atom stereocenters. The van der Waals surface area contributed by atoms with Crippen molar-refractivity contribution in [3.8, 4) is 0 Å². The van der Waals surface area contributed by atoms with Gasteiger partial charge in [0.1, 0.15) is 5.69 Å². The number of rotatable bonds is 5. The molecule has 0 spiro atoms. The predicted molar refractivity (Wildman–Crippen MR) is 68.2 cm³/mol. The van der Waals surface area contributed by atoms with Crippen LogP contribution in [0.4, 0.5) is 5.69 Å². The van der Waals surface area contributed by atoms with Crippen LogP contribution in [-0.2, 0) is 4.74 Å². The number of pyridine rings is 1. The van der Waals surface area contributed by atoms with Gasteiger partial charge in [0.05, 0.1) is 7.11 Å². The molecule has 0 amide bonds. The SMILES string of the molecule is CCC(C)(CC)Nc1ccnc(C(=O)OC)c1. The lowest BCUT2D eigenvalue weighted by atomic mass is 9.95. The highest BCUT2D eigenvalue weighted by molar-refractivity contribution is 5.88. The zero-order valence-electron chi connectivity index (χ0n) is 10.9.